The van der Waals surface area contributed by atoms with Gasteiger partial charge < -0.3 is 10.2 Å². The van der Waals surface area contributed by atoms with Crippen LogP contribution in [-0.2, 0) is 0 Å². The number of hydrogen-bond acceptors (Lipinski definition) is 3. The van der Waals surface area contributed by atoms with Crippen molar-refractivity contribution >= 4 is 11.6 Å². The lowest BCUT2D eigenvalue weighted by Gasteiger charge is -2.26. The standard InChI is InChI=1S/C13H21N3O/c1-5-10(3)16(6-2)13(17)12-8-7-11(14-4)9-15-12/h7-10,14H,5-6H2,1-4H3. The van der Waals surface area contributed by atoms with Gasteiger partial charge in [-0.3, -0.25) is 4.79 Å². The molecule has 0 aliphatic carbocycles. The van der Waals surface area contributed by atoms with E-state index < -0.39 is 0 Å². The van der Waals surface area contributed by atoms with E-state index >= 15 is 0 Å². The maximum Gasteiger partial charge on any atom is 0.272 e. The SMILES string of the molecule is CCC(C)N(CC)C(=O)c1ccc(NC)cn1. The Morgan fingerprint density at radius 2 is 2.18 bits per heavy atom. The molecule has 0 aromatic carbocycles. The van der Waals surface area contributed by atoms with E-state index in [9.17, 15) is 4.79 Å². The molecule has 1 rings (SSSR count). The van der Waals surface area contributed by atoms with Crippen molar-refractivity contribution in [2.45, 2.75) is 33.2 Å². The summed E-state index contributed by atoms with van der Waals surface area (Å²) in [6.45, 7) is 6.84. The molecule has 1 atom stereocenters. The molecule has 0 saturated heterocycles. The largest absolute Gasteiger partial charge is 0.387 e. The number of carbonyl (C=O) groups excluding carboxylic acids is 1. The third kappa shape index (κ3) is 3.19. The highest BCUT2D eigenvalue weighted by Crippen LogP contribution is 2.11. The second-order valence-electron chi connectivity index (χ2n) is 4.03. The van der Waals surface area contributed by atoms with E-state index in [4.69, 9.17) is 0 Å². The van der Waals surface area contributed by atoms with Gasteiger partial charge >= 0.3 is 0 Å². The van der Waals surface area contributed by atoms with Crippen molar-refractivity contribution in [2.75, 3.05) is 18.9 Å². The Bertz CT molecular complexity index is 361. The van der Waals surface area contributed by atoms with Crippen LogP contribution in [0.15, 0.2) is 18.3 Å². The molecule has 1 N–H and O–H groups in total. The fraction of sp³-hybridized carbons (Fsp3) is 0.538. The fourth-order valence-electron chi connectivity index (χ4n) is 1.69. The van der Waals surface area contributed by atoms with Gasteiger partial charge in [-0.2, -0.15) is 0 Å². The van der Waals surface area contributed by atoms with E-state index in [0.29, 0.717) is 12.2 Å². The zero-order valence-electron chi connectivity index (χ0n) is 11.0. The van der Waals surface area contributed by atoms with Gasteiger partial charge in [0.05, 0.1) is 11.9 Å². The number of nitrogens with one attached hydrogen (secondary N) is 1. The van der Waals surface area contributed by atoms with Crippen LogP contribution >= 0.6 is 0 Å². The molecule has 1 aromatic rings. The van der Waals surface area contributed by atoms with Gasteiger partial charge in [-0.1, -0.05) is 6.92 Å². The quantitative estimate of drug-likeness (QED) is 0.852. The van der Waals surface area contributed by atoms with Gasteiger partial charge in [-0.15, -0.1) is 0 Å². The van der Waals surface area contributed by atoms with Crippen LogP contribution in [0.2, 0.25) is 0 Å². The average molecular weight is 235 g/mol. The second-order valence-corrected chi connectivity index (χ2v) is 4.03. The molecule has 0 spiro atoms. The molecule has 17 heavy (non-hydrogen) atoms. The summed E-state index contributed by atoms with van der Waals surface area (Å²) in [5.74, 6) is 0.00417. The first-order valence-corrected chi connectivity index (χ1v) is 6.08. The molecule has 0 aliphatic heterocycles. The molecule has 0 saturated carbocycles. The monoisotopic (exact) mass is 235 g/mol. The Balaban J connectivity index is 2.86. The summed E-state index contributed by atoms with van der Waals surface area (Å²) in [6, 6.07) is 3.88. The van der Waals surface area contributed by atoms with Crippen molar-refractivity contribution < 1.29 is 4.79 Å². The minimum atomic E-state index is 0.00417. The third-order valence-corrected chi connectivity index (χ3v) is 3.00. The smallest absolute Gasteiger partial charge is 0.272 e. The molecule has 0 bridgehead atoms. The van der Waals surface area contributed by atoms with Crippen LogP contribution in [0.4, 0.5) is 5.69 Å². The maximum atomic E-state index is 12.2. The van der Waals surface area contributed by atoms with Crippen molar-refractivity contribution in [3.05, 3.63) is 24.0 Å². The van der Waals surface area contributed by atoms with E-state index in [1.165, 1.54) is 0 Å². The Labute approximate surface area is 103 Å². The third-order valence-electron chi connectivity index (χ3n) is 3.00. The second kappa shape index (κ2) is 6.23. The molecule has 1 heterocycles. The van der Waals surface area contributed by atoms with Gasteiger partial charge in [0, 0.05) is 19.6 Å². The lowest BCUT2D eigenvalue weighted by Crippen LogP contribution is -2.38. The van der Waals surface area contributed by atoms with Crippen LogP contribution in [0.3, 0.4) is 0 Å². The lowest BCUT2D eigenvalue weighted by molar-refractivity contribution is 0.0694. The van der Waals surface area contributed by atoms with Crippen LogP contribution in [-0.4, -0.2) is 35.4 Å². The number of amides is 1. The Morgan fingerprint density at radius 1 is 1.47 bits per heavy atom. The van der Waals surface area contributed by atoms with Gasteiger partial charge in [0.2, 0.25) is 0 Å². The van der Waals surface area contributed by atoms with Crippen molar-refractivity contribution in [2.24, 2.45) is 0 Å². The van der Waals surface area contributed by atoms with Crippen molar-refractivity contribution in [1.29, 1.82) is 0 Å². The van der Waals surface area contributed by atoms with Crippen molar-refractivity contribution in [1.82, 2.24) is 9.88 Å². The first-order valence-electron chi connectivity index (χ1n) is 6.08. The van der Waals surface area contributed by atoms with E-state index in [2.05, 4.69) is 24.1 Å². The van der Waals surface area contributed by atoms with Crippen LogP contribution in [0.5, 0.6) is 0 Å². The van der Waals surface area contributed by atoms with E-state index in [1.807, 2.05) is 24.9 Å². The van der Waals surface area contributed by atoms with Crippen LogP contribution in [0.25, 0.3) is 0 Å². The molecule has 94 valence electrons. The minimum absolute atomic E-state index is 0.00417. The highest BCUT2D eigenvalue weighted by atomic mass is 16.2. The summed E-state index contributed by atoms with van der Waals surface area (Å²) in [5.41, 5.74) is 1.42. The minimum Gasteiger partial charge on any atom is -0.387 e. The highest BCUT2D eigenvalue weighted by molar-refractivity contribution is 5.92. The van der Waals surface area contributed by atoms with Crippen LogP contribution < -0.4 is 5.32 Å². The molecular weight excluding hydrogens is 214 g/mol. The van der Waals surface area contributed by atoms with E-state index in [-0.39, 0.29) is 11.9 Å². The predicted octanol–water partition coefficient (Wildman–Crippen LogP) is 2.38. The predicted molar refractivity (Wildman–Crippen MR) is 70.2 cm³/mol. The number of carbonyl (C=O) groups is 1. The van der Waals surface area contributed by atoms with Crippen molar-refractivity contribution in [3.8, 4) is 0 Å². The Kier molecular flexibility index (Phi) is 4.94. The lowest BCUT2D eigenvalue weighted by atomic mass is 10.2. The molecule has 4 nitrogen and oxygen atoms in total. The van der Waals surface area contributed by atoms with E-state index in [0.717, 1.165) is 12.1 Å². The first-order chi connectivity index (χ1) is 8.13. The van der Waals surface area contributed by atoms with E-state index in [1.54, 1.807) is 12.3 Å². The zero-order valence-corrected chi connectivity index (χ0v) is 11.0. The number of rotatable bonds is 5. The fourth-order valence-corrected chi connectivity index (χ4v) is 1.69. The molecule has 1 unspecified atom stereocenters. The normalized spacial score (nSPS) is 12.0. The van der Waals surface area contributed by atoms with Gasteiger partial charge in [0.1, 0.15) is 5.69 Å². The van der Waals surface area contributed by atoms with Gasteiger partial charge in [0.15, 0.2) is 0 Å². The number of anilines is 1. The molecule has 1 amide bonds. The van der Waals surface area contributed by atoms with Crippen LogP contribution in [0, 0.1) is 0 Å². The van der Waals surface area contributed by atoms with Gasteiger partial charge in [-0.05, 0) is 32.4 Å². The molecular formula is C13H21N3O. The Hall–Kier alpha value is -1.58. The topological polar surface area (TPSA) is 45.2 Å². The molecule has 0 fully saturated rings. The summed E-state index contributed by atoms with van der Waals surface area (Å²) in [6.07, 6.45) is 2.63. The number of pyridine rings is 1. The first kappa shape index (κ1) is 13.5. The molecule has 4 heteroatoms. The highest BCUT2D eigenvalue weighted by Gasteiger charge is 2.19. The zero-order chi connectivity index (χ0) is 12.8. The molecule has 1 aromatic heterocycles. The maximum absolute atomic E-state index is 12.2. The van der Waals surface area contributed by atoms with Crippen LogP contribution in [0.1, 0.15) is 37.7 Å². The Morgan fingerprint density at radius 3 is 2.59 bits per heavy atom. The molecule has 0 radical (unpaired) electrons. The van der Waals surface area contributed by atoms with Gasteiger partial charge in [0.25, 0.3) is 5.91 Å². The number of nitrogens with zero attached hydrogens (tertiary/aromatic N) is 2. The van der Waals surface area contributed by atoms with Gasteiger partial charge in [-0.25, -0.2) is 4.98 Å². The molecule has 0 aliphatic rings. The summed E-state index contributed by atoms with van der Waals surface area (Å²) >= 11 is 0. The number of hydrogen-bond donors (Lipinski definition) is 1. The summed E-state index contributed by atoms with van der Waals surface area (Å²) < 4.78 is 0. The number of aromatic nitrogens is 1. The summed E-state index contributed by atoms with van der Waals surface area (Å²) in [4.78, 5) is 18.2. The van der Waals surface area contributed by atoms with Crippen molar-refractivity contribution in [3.63, 3.8) is 0 Å². The summed E-state index contributed by atoms with van der Waals surface area (Å²) in [7, 11) is 1.83. The average Bonchev–Trinajstić information content (AvgIpc) is 2.39. The summed E-state index contributed by atoms with van der Waals surface area (Å²) in [5, 5.41) is 2.98.